The zero-order chi connectivity index (χ0) is 13.0. The van der Waals surface area contributed by atoms with Crippen molar-refractivity contribution >= 4 is 21.8 Å². The van der Waals surface area contributed by atoms with Crippen LogP contribution >= 0.6 is 15.9 Å². The van der Waals surface area contributed by atoms with Gasteiger partial charge in [-0.3, -0.25) is 4.79 Å². The van der Waals surface area contributed by atoms with Crippen molar-refractivity contribution in [3.63, 3.8) is 0 Å². The third kappa shape index (κ3) is 3.29. The number of hydrogen-bond acceptors (Lipinski definition) is 2. The Kier molecular flexibility index (Phi) is 4.72. The molecule has 1 amide bonds. The monoisotopic (exact) mass is 314 g/mol. The molecule has 1 saturated heterocycles. The Bertz CT molecular complexity index is 433. The smallest absolute Gasteiger partial charge is 0.252 e. The molecule has 5 heteroatoms. The average Bonchev–Trinajstić information content (AvgIpc) is 2.85. The molecule has 1 aliphatic heterocycles. The summed E-state index contributed by atoms with van der Waals surface area (Å²) in [5.41, 5.74) is 0.342. The SMILES string of the molecule is O=C(NCCC1CCCN1)c1cccc(F)c1Br. The molecule has 0 saturated carbocycles. The molecule has 0 aromatic heterocycles. The summed E-state index contributed by atoms with van der Waals surface area (Å²) < 4.78 is 13.5. The van der Waals surface area contributed by atoms with E-state index in [2.05, 4.69) is 26.6 Å². The van der Waals surface area contributed by atoms with E-state index >= 15 is 0 Å². The number of carbonyl (C=O) groups excluding carboxylic acids is 1. The van der Waals surface area contributed by atoms with Crippen molar-refractivity contribution in [2.45, 2.75) is 25.3 Å². The fraction of sp³-hybridized carbons (Fsp3) is 0.462. The van der Waals surface area contributed by atoms with Crippen molar-refractivity contribution in [2.75, 3.05) is 13.1 Å². The number of halogens is 2. The lowest BCUT2D eigenvalue weighted by atomic mass is 10.1. The van der Waals surface area contributed by atoms with E-state index < -0.39 is 5.82 Å². The minimum Gasteiger partial charge on any atom is -0.352 e. The summed E-state index contributed by atoms with van der Waals surface area (Å²) in [6.45, 7) is 1.67. The van der Waals surface area contributed by atoms with Crippen molar-refractivity contribution in [3.05, 3.63) is 34.1 Å². The predicted molar refractivity (Wildman–Crippen MR) is 72.1 cm³/mol. The molecule has 2 N–H and O–H groups in total. The second-order valence-corrected chi connectivity index (χ2v) is 5.23. The van der Waals surface area contributed by atoms with Gasteiger partial charge in [0.15, 0.2) is 0 Å². The van der Waals surface area contributed by atoms with Crippen LogP contribution in [0.25, 0.3) is 0 Å². The van der Waals surface area contributed by atoms with Gasteiger partial charge >= 0.3 is 0 Å². The van der Waals surface area contributed by atoms with Gasteiger partial charge in [0, 0.05) is 12.6 Å². The Morgan fingerprint density at radius 2 is 2.39 bits per heavy atom. The number of benzene rings is 1. The maximum absolute atomic E-state index is 13.3. The standard InChI is InChI=1S/C13H16BrFN2O/c14-12-10(4-1-5-11(12)15)13(18)17-8-6-9-3-2-7-16-9/h1,4-5,9,16H,2-3,6-8H2,(H,17,18). The molecule has 1 atom stereocenters. The number of hydrogen-bond donors (Lipinski definition) is 2. The summed E-state index contributed by atoms with van der Waals surface area (Å²) >= 11 is 3.09. The molecule has 0 spiro atoms. The van der Waals surface area contributed by atoms with Crippen LogP contribution in [0.3, 0.4) is 0 Å². The zero-order valence-electron chi connectivity index (χ0n) is 10.0. The summed E-state index contributed by atoms with van der Waals surface area (Å²) in [5.74, 6) is -0.653. The molecule has 3 nitrogen and oxygen atoms in total. The van der Waals surface area contributed by atoms with Gasteiger partial charge in [-0.05, 0) is 53.9 Å². The number of carbonyl (C=O) groups is 1. The molecule has 1 aromatic carbocycles. The van der Waals surface area contributed by atoms with Crippen LogP contribution in [0.4, 0.5) is 4.39 Å². The van der Waals surface area contributed by atoms with Crippen LogP contribution in [0, 0.1) is 5.82 Å². The largest absolute Gasteiger partial charge is 0.352 e. The first kappa shape index (κ1) is 13.5. The van der Waals surface area contributed by atoms with Gasteiger partial charge in [-0.2, -0.15) is 0 Å². The van der Waals surface area contributed by atoms with E-state index in [0.29, 0.717) is 18.2 Å². The maximum atomic E-state index is 13.3. The molecule has 2 rings (SSSR count). The number of rotatable bonds is 4. The Labute approximate surface area is 114 Å². The Balaban J connectivity index is 1.85. The summed E-state index contributed by atoms with van der Waals surface area (Å²) in [5, 5.41) is 6.19. The second-order valence-electron chi connectivity index (χ2n) is 4.44. The molecule has 18 heavy (non-hydrogen) atoms. The van der Waals surface area contributed by atoms with Crippen LogP contribution in [0.1, 0.15) is 29.6 Å². The van der Waals surface area contributed by atoms with Crippen LogP contribution in [0.2, 0.25) is 0 Å². The molecule has 1 heterocycles. The third-order valence-electron chi connectivity index (χ3n) is 3.14. The molecule has 1 fully saturated rings. The third-order valence-corrected chi connectivity index (χ3v) is 3.94. The molecule has 0 radical (unpaired) electrons. The molecule has 98 valence electrons. The zero-order valence-corrected chi connectivity index (χ0v) is 11.6. The summed E-state index contributed by atoms with van der Waals surface area (Å²) in [6, 6.07) is 4.97. The van der Waals surface area contributed by atoms with E-state index in [0.717, 1.165) is 13.0 Å². The summed E-state index contributed by atoms with van der Waals surface area (Å²) in [7, 11) is 0. The highest BCUT2D eigenvalue weighted by Crippen LogP contribution is 2.20. The lowest BCUT2D eigenvalue weighted by molar-refractivity contribution is 0.0951. The van der Waals surface area contributed by atoms with Crippen molar-refractivity contribution in [3.8, 4) is 0 Å². The van der Waals surface area contributed by atoms with E-state index in [1.807, 2.05) is 0 Å². The van der Waals surface area contributed by atoms with E-state index in [1.54, 1.807) is 6.07 Å². The van der Waals surface area contributed by atoms with Crippen LogP contribution in [-0.2, 0) is 0 Å². The van der Waals surface area contributed by atoms with Crippen molar-refractivity contribution in [2.24, 2.45) is 0 Å². The van der Waals surface area contributed by atoms with Gasteiger partial charge in [-0.25, -0.2) is 4.39 Å². The topological polar surface area (TPSA) is 41.1 Å². The lowest BCUT2D eigenvalue weighted by Gasteiger charge is -2.11. The van der Waals surface area contributed by atoms with Gasteiger partial charge in [0.25, 0.3) is 5.91 Å². The molecule has 1 aliphatic rings. The van der Waals surface area contributed by atoms with E-state index in [1.165, 1.54) is 25.0 Å². The first-order chi connectivity index (χ1) is 8.68. The normalized spacial score (nSPS) is 18.9. The minimum absolute atomic E-state index is 0.224. The van der Waals surface area contributed by atoms with Gasteiger partial charge in [0.2, 0.25) is 0 Å². The molecule has 0 bridgehead atoms. The van der Waals surface area contributed by atoms with Crippen molar-refractivity contribution in [1.82, 2.24) is 10.6 Å². The van der Waals surface area contributed by atoms with Crippen LogP contribution in [0.5, 0.6) is 0 Å². The Hall–Kier alpha value is -0.940. The quantitative estimate of drug-likeness (QED) is 0.896. The van der Waals surface area contributed by atoms with Gasteiger partial charge in [-0.1, -0.05) is 6.07 Å². The Morgan fingerprint density at radius 3 is 3.11 bits per heavy atom. The minimum atomic E-state index is -0.417. The molecule has 1 unspecified atom stereocenters. The summed E-state index contributed by atoms with van der Waals surface area (Å²) in [6.07, 6.45) is 3.28. The van der Waals surface area contributed by atoms with Crippen molar-refractivity contribution < 1.29 is 9.18 Å². The average molecular weight is 315 g/mol. The van der Waals surface area contributed by atoms with Crippen LogP contribution in [0.15, 0.2) is 22.7 Å². The number of nitrogens with one attached hydrogen (secondary N) is 2. The van der Waals surface area contributed by atoms with Crippen LogP contribution in [-0.4, -0.2) is 25.0 Å². The van der Waals surface area contributed by atoms with E-state index in [4.69, 9.17) is 0 Å². The second kappa shape index (κ2) is 6.29. The molecule has 1 aromatic rings. The molecular formula is C13H16BrFN2O. The van der Waals surface area contributed by atoms with E-state index in [-0.39, 0.29) is 10.4 Å². The fourth-order valence-corrected chi connectivity index (χ4v) is 2.58. The molecule has 0 aliphatic carbocycles. The summed E-state index contributed by atoms with van der Waals surface area (Å²) in [4.78, 5) is 11.9. The van der Waals surface area contributed by atoms with Crippen LogP contribution < -0.4 is 10.6 Å². The van der Waals surface area contributed by atoms with Gasteiger partial charge in [-0.15, -0.1) is 0 Å². The lowest BCUT2D eigenvalue weighted by Crippen LogP contribution is -2.30. The van der Waals surface area contributed by atoms with E-state index in [9.17, 15) is 9.18 Å². The van der Waals surface area contributed by atoms with Gasteiger partial charge < -0.3 is 10.6 Å². The number of amides is 1. The highest BCUT2D eigenvalue weighted by atomic mass is 79.9. The first-order valence-electron chi connectivity index (χ1n) is 6.14. The molecular weight excluding hydrogens is 299 g/mol. The first-order valence-corrected chi connectivity index (χ1v) is 6.93. The predicted octanol–water partition coefficient (Wildman–Crippen LogP) is 2.46. The maximum Gasteiger partial charge on any atom is 0.252 e. The van der Waals surface area contributed by atoms with Gasteiger partial charge in [0.05, 0.1) is 10.0 Å². The van der Waals surface area contributed by atoms with Gasteiger partial charge in [0.1, 0.15) is 5.82 Å². The highest BCUT2D eigenvalue weighted by molar-refractivity contribution is 9.10. The highest BCUT2D eigenvalue weighted by Gasteiger charge is 2.15. The Morgan fingerprint density at radius 1 is 1.56 bits per heavy atom. The fourth-order valence-electron chi connectivity index (χ4n) is 2.14. The van der Waals surface area contributed by atoms with Crippen molar-refractivity contribution in [1.29, 1.82) is 0 Å².